The molecule has 0 aliphatic rings. The molecule has 0 saturated carbocycles. The van der Waals surface area contributed by atoms with Gasteiger partial charge in [-0.1, -0.05) is 40.7 Å². The maximum Gasteiger partial charge on any atom is 0.0431 e. The van der Waals surface area contributed by atoms with Crippen molar-refractivity contribution < 1.29 is 5.11 Å². The normalized spacial score (nSPS) is 10.7. The quantitative estimate of drug-likeness (QED) is 0.667. The van der Waals surface area contributed by atoms with Gasteiger partial charge in [0.1, 0.15) is 0 Å². The predicted octanol–water partition coefficient (Wildman–Crippen LogP) is 3.63. The second-order valence-corrected chi connectivity index (χ2v) is 4.87. The topological polar surface area (TPSA) is 20.2 Å². The second kappa shape index (κ2) is 8.31. The molecule has 0 unspecified atom stereocenters. The highest BCUT2D eigenvalue weighted by Crippen LogP contribution is 2.19. The van der Waals surface area contributed by atoms with Gasteiger partial charge in [-0.05, 0) is 24.2 Å². The van der Waals surface area contributed by atoms with E-state index in [1.165, 1.54) is 0 Å². The van der Waals surface area contributed by atoms with Crippen LogP contribution in [0.2, 0.25) is 0 Å². The SMILES string of the molecule is C=CC(C)C.CC(C)(C)CCCO. The Bertz CT molecular complexity index is 109. The lowest BCUT2D eigenvalue weighted by Gasteiger charge is -2.16. The summed E-state index contributed by atoms with van der Waals surface area (Å²) in [4.78, 5) is 0. The molecule has 0 bridgehead atoms. The molecule has 0 atom stereocenters. The van der Waals surface area contributed by atoms with Crippen molar-refractivity contribution in [3.8, 4) is 0 Å². The molecule has 1 heteroatoms. The summed E-state index contributed by atoms with van der Waals surface area (Å²) in [6.07, 6.45) is 3.97. The summed E-state index contributed by atoms with van der Waals surface area (Å²) in [7, 11) is 0. The van der Waals surface area contributed by atoms with Crippen LogP contribution in [0, 0.1) is 11.3 Å². The molecular weight excluding hydrogens is 160 g/mol. The van der Waals surface area contributed by atoms with Gasteiger partial charge >= 0.3 is 0 Å². The first-order chi connectivity index (χ1) is 5.83. The van der Waals surface area contributed by atoms with Gasteiger partial charge in [0.25, 0.3) is 0 Å². The molecule has 0 aromatic carbocycles. The highest BCUT2D eigenvalue weighted by molar-refractivity contribution is 4.69. The molecule has 1 N–H and O–H groups in total. The van der Waals surface area contributed by atoms with Gasteiger partial charge in [-0.3, -0.25) is 0 Å². The fourth-order valence-corrected chi connectivity index (χ4v) is 0.609. The molecule has 0 saturated heterocycles. The van der Waals surface area contributed by atoms with Gasteiger partial charge in [0, 0.05) is 6.61 Å². The Balaban J connectivity index is 0. The highest BCUT2D eigenvalue weighted by Gasteiger charge is 2.07. The zero-order chi connectivity index (χ0) is 10.9. The zero-order valence-electron chi connectivity index (χ0n) is 9.93. The van der Waals surface area contributed by atoms with Crippen molar-refractivity contribution in [2.45, 2.75) is 47.5 Å². The van der Waals surface area contributed by atoms with Crippen molar-refractivity contribution in [1.82, 2.24) is 0 Å². The van der Waals surface area contributed by atoms with Crippen molar-refractivity contribution in [3.05, 3.63) is 12.7 Å². The Morgan fingerprint density at radius 3 is 1.77 bits per heavy atom. The monoisotopic (exact) mass is 186 g/mol. The maximum absolute atomic E-state index is 8.43. The van der Waals surface area contributed by atoms with Crippen LogP contribution < -0.4 is 0 Å². The second-order valence-electron chi connectivity index (χ2n) is 4.87. The molecule has 0 aromatic heterocycles. The highest BCUT2D eigenvalue weighted by atomic mass is 16.2. The third kappa shape index (κ3) is 24.5. The molecule has 0 fully saturated rings. The maximum atomic E-state index is 8.43. The number of aliphatic hydroxyl groups is 1. The summed E-state index contributed by atoms with van der Waals surface area (Å²) in [5.74, 6) is 0.648. The summed E-state index contributed by atoms with van der Waals surface area (Å²) in [5, 5.41) is 8.43. The molecule has 0 heterocycles. The third-order valence-corrected chi connectivity index (χ3v) is 1.56. The van der Waals surface area contributed by atoms with E-state index in [0.29, 0.717) is 17.9 Å². The molecule has 0 rings (SSSR count). The van der Waals surface area contributed by atoms with E-state index in [0.717, 1.165) is 12.8 Å². The van der Waals surface area contributed by atoms with E-state index in [9.17, 15) is 0 Å². The lowest BCUT2D eigenvalue weighted by atomic mass is 9.91. The Morgan fingerprint density at radius 2 is 1.69 bits per heavy atom. The molecule has 0 radical (unpaired) electrons. The van der Waals surface area contributed by atoms with Crippen molar-refractivity contribution >= 4 is 0 Å². The third-order valence-electron chi connectivity index (χ3n) is 1.56. The molecule has 0 aromatic rings. The average molecular weight is 186 g/mol. The number of allylic oxidation sites excluding steroid dienone is 1. The van der Waals surface area contributed by atoms with Crippen LogP contribution in [0.1, 0.15) is 47.5 Å². The minimum atomic E-state index is 0.331. The zero-order valence-corrected chi connectivity index (χ0v) is 9.93. The standard InChI is InChI=1S/C7H16O.C5H10/c1-7(2,3)5-4-6-8;1-4-5(2)3/h8H,4-6H2,1-3H3;4-5H,1H2,2-3H3. The van der Waals surface area contributed by atoms with Crippen molar-refractivity contribution in [1.29, 1.82) is 0 Å². The minimum Gasteiger partial charge on any atom is -0.396 e. The first-order valence-corrected chi connectivity index (χ1v) is 5.07. The first kappa shape index (κ1) is 15.2. The Morgan fingerprint density at radius 1 is 1.31 bits per heavy atom. The van der Waals surface area contributed by atoms with Gasteiger partial charge in [-0.25, -0.2) is 0 Å². The fourth-order valence-electron chi connectivity index (χ4n) is 0.609. The lowest BCUT2D eigenvalue weighted by molar-refractivity contribution is 0.251. The molecule has 80 valence electrons. The molecular formula is C12H26O. The van der Waals surface area contributed by atoms with E-state index in [1.807, 2.05) is 6.08 Å². The van der Waals surface area contributed by atoms with E-state index >= 15 is 0 Å². The van der Waals surface area contributed by atoms with E-state index in [-0.39, 0.29) is 0 Å². The Labute approximate surface area is 83.9 Å². The Kier molecular flexibility index (Phi) is 9.70. The summed E-state index contributed by atoms with van der Waals surface area (Å²) < 4.78 is 0. The number of rotatable bonds is 3. The lowest BCUT2D eigenvalue weighted by Crippen LogP contribution is -2.04. The van der Waals surface area contributed by atoms with Crippen molar-refractivity contribution in [2.24, 2.45) is 11.3 Å². The van der Waals surface area contributed by atoms with Crippen LogP contribution in [0.15, 0.2) is 12.7 Å². The van der Waals surface area contributed by atoms with E-state index in [1.54, 1.807) is 0 Å². The van der Waals surface area contributed by atoms with Crippen LogP contribution in [-0.2, 0) is 0 Å². The number of hydrogen-bond acceptors (Lipinski definition) is 1. The summed E-state index contributed by atoms with van der Waals surface area (Å²) in [6, 6.07) is 0. The summed E-state index contributed by atoms with van der Waals surface area (Å²) in [6.45, 7) is 14.6. The van der Waals surface area contributed by atoms with Crippen molar-refractivity contribution in [3.63, 3.8) is 0 Å². The first-order valence-electron chi connectivity index (χ1n) is 5.07. The molecule has 0 aliphatic carbocycles. The predicted molar refractivity (Wildman–Crippen MR) is 60.8 cm³/mol. The van der Waals surface area contributed by atoms with Gasteiger partial charge in [0.2, 0.25) is 0 Å². The summed E-state index contributed by atoms with van der Waals surface area (Å²) >= 11 is 0. The van der Waals surface area contributed by atoms with E-state index < -0.39 is 0 Å². The van der Waals surface area contributed by atoms with Gasteiger partial charge in [0.05, 0.1) is 0 Å². The Hall–Kier alpha value is -0.300. The molecule has 13 heavy (non-hydrogen) atoms. The van der Waals surface area contributed by atoms with Crippen LogP contribution in [0.4, 0.5) is 0 Å². The van der Waals surface area contributed by atoms with E-state index in [4.69, 9.17) is 5.11 Å². The summed E-state index contributed by atoms with van der Waals surface area (Å²) in [5.41, 5.74) is 0.392. The largest absolute Gasteiger partial charge is 0.396 e. The van der Waals surface area contributed by atoms with Crippen LogP contribution in [0.5, 0.6) is 0 Å². The average Bonchev–Trinajstić information content (AvgIpc) is 2.00. The number of hydrogen-bond donors (Lipinski definition) is 1. The molecule has 0 amide bonds. The van der Waals surface area contributed by atoms with E-state index in [2.05, 4.69) is 41.2 Å². The van der Waals surface area contributed by atoms with Crippen LogP contribution in [0.3, 0.4) is 0 Å². The van der Waals surface area contributed by atoms with Crippen LogP contribution in [-0.4, -0.2) is 11.7 Å². The minimum absolute atomic E-state index is 0.331. The molecule has 1 nitrogen and oxygen atoms in total. The smallest absolute Gasteiger partial charge is 0.0431 e. The van der Waals surface area contributed by atoms with Gasteiger partial charge in [0.15, 0.2) is 0 Å². The van der Waals surface area contributed by atoms with Crippen LogP contribution in [0.25, 0.3) is 0 Å². The van der Waals surface area contributed by atoms with Gasteiger partial charge in [-0.2, -0.15) is 0 Å². The van der Waals surface area contributed by atoms with Crippen LogP contribution >= 0.6 is 0 Å². The molecule has 0 spiro atoms. The number of aliphatic hydroxyl groups excluding tert-OH is 1. The van der Waals surface area contributed by atoms with Crippen molar-refractivity contribution in [2.75, 3.05) is 6.61 Å². The fraction of sp³-hybridized carbons (Fsp3) is 0.833. The van der Waals surface area contributed by atoms with Gasteiger partial charge < -0.3 is 5.11 Å². The van der Waals surface area contributed by atoms with Gasteiger partial charge in [-0.15, -0.1) is 6.58 Å². The molecule has 0 aliphatic heterocycles.